The Labute approximate surface area is 255 Å². The minimum atomic E-state index is -3.35. The number of benzene rings is 2. The SMILES string of the molecule is Nc1ncn(Cc2cn([C@H](c3ccccc3)[C@H](c3ccccc3)N3CCN(S(=O)(=O)CCCCl)CC3)nn2)c2ncnc1-2. The molecule has 0 amide bonds. The van der Waals surface area contributed by atoms with Crippen LogP contribution in [0.1, 0.15) is 35.3 Å². The van der Waals surface area contributed by atoms with Gasteiger partial charge in [0.05, 0.1) is 36.9 Å². The first-order valence-electron chi connectivity index (χ1n) is 14.1. The normalized spacial score (nSPS) is 16.4. The van der Waals surface area contributed by atoms with E-state index in [0.717, 1.165) is 16.8 Å². The molecule has 0 aliphatic carbocycles. The molecule has 2 N–H and O–H groups in total. The van der Waals surface area contributed by atoms with E-state index in [0.29, 0.717) is 62.4 Å². The van der Waals surface area contributed by atoms with Gasteiger partial charge in [0.25, 0.3) is 0 Å². The standard InChI is InChI=1S/C29H33ClN10O2S/c30-12-7-17-43(41,42)39-15-13-37(14-16-39)26(22-8-3-1-4-9-22)27(23-10-5-2-6-11-23)40-19-24(35-36-40)18-38-21-34-28(31)25-29(38)33-20-32-25/h1-6,8-11,19-21,26-27H,7,12-18,31H2/t26-,27+/m0/s1. The van der Waals surface area contributed by atoms with Gasteiger partial charge in [-0.15, -0.1) is 16.7 Å². The number of piperazine rings is 1. The van der Waals surface area contributed by atoms with Crippen LogP contribution in [-0.4, -0.2) is 89.9 Å². The number of imidazole rings is 1. The van der Waals surface area contributed by atoms with Gasteiger partial charge in [-0.1, -0.05) is 65.9 Å². The fourth-order valence-corrected chi connectivity index (χ4v) is 7.49. The average molecular weight is 621 g/mol. The average Bonchev–Trinajstić information content (AvgIpc) is 3.72. The van der Waals surface area contributed by atoms with Crippen LogP contribution in [0.2, 0.25) is 0 Å². The van der Waals surface area contributed by atoms with E-state index in [1.54, 1.807) is 10.6 Å². The van der Waals surface area contributed by atoms with E-state index in [9.17, 15) is 8.42 Å². The van der Waals surface area contributed by atoms with E-state index in [4.69, 9.17) is 17.3 Å². The maximum absolute atomic E-state index is 12.9. The molecule has 1 fully saturated rings. The number of fused-ring (bicyclic) bond motifs is 1. The Hall–Kier alpha value is -3.91. The third-order valence-corrected chi connectivity index (χ3v) is 10.0. The first kappa shape index (κ1) is 29.2. The molecule has 2 aromatic carbocycles. The van der Waals surface area contributed by atoms with Crippen LogP contribution in [-0.2, 0) is 16.6 Å². The van der Waals surface area contributed by atoms with Crippen LogP contribution in [0, 0.1) is 0 Å². The van der Waals surface area contributed by atoms with Gasteiger partial charge in [0.2, 0.25) is 10.0 Å². The highest BCUT2D eigenvalue weighted by Crippen LogP contribution is 2.38. The number of hydrogen-bond donors (Lipinski definition) is 1. The minimum Gasteiger partial charge on any atom is -0.382 e. The van der Waals surface area contributed by atoms with E-state index >= 15 is 0 Å². The number of aromatic nitrogens is 7. The molecular weight excluding hydrogens is 588 g/mol. The van der Waals surface area contributed by atoms with Crippen molar-refractivity contribution >= 4 is 27.4 Å². The lowest BCUT2D eigenvalue weighted by molar-refractivity contribution is 0.107. The number of sulfonamides is 1. The van der Waals surface area contributed by atoms with Gasteiger partial charge in [0.1, 0.15) is 17.7 Å². The molecule has 0 saturated carbocycles. The number of anilines is 1. The Morgan fingerprint density at radius 3 is 2.23 bits per heavy atom. The summed E-state index contributed by atoms with van der Waals surface area (Å²) in [5.74, 6) is 1.35. The van der Waals surface area contributed by atoms with Crippen LogP contribution in [0.15, 0.2) is 79.5 Å². The molecule has 1 saturated heterocycles. The summed E-state index contributed by atoms with van der Waals surface area (Å²) in [5.41, 5.74) is 9.43. The maximum atomic E-state index is 12.9. The van der Waals surface area contributed by atoms with Crippen LogP contribution in [0.3, 0.4) is 0 Å². The third-order valence-electron chi connectivity index (χ3n) is 7.78. The second-order valence-corrected chi connectivity index (χ2v) is 13.0. The van der Waals surface area contributed by atoms with Crippen molar-refractivity contribution < 1.29 is 8.42 Å². The molecule has 3 aliphatic rings. The number of rotatable bonds is 11. The minimum absolute atomic E-state index is 0.0666. The van der Waals surface area contributed by atoms with Gasteiger partial charge < -0.3 is 10.3 Å². The number of alkyl halides is 1. The summed E-state index contributed by atoms with van der Waals surface area (Å²) < 4.78 is 31.2. The zero-order valence-electron chi connectivity index (χ0n) is 23.5. The van der Waals surface area contributed by atoms with Crippen molar-refractivity contribution in [1.82, 2.24) is 43.7 Å². The van der Waals surface area contributed by atoms with E-state index < -0.39 is 10.0 Å². The first-order valence-corrected chi connectivity index (χ1v) is 16.3. The van der Waals surface area contributed by atoms with Crippen LogP contribution >= 0.6 is 11.6 Å². The van der Waals surface area contributed by atoms with Gasteiger partial charge in [-0.2, -0.15) is 4.31 Å². The van der Waals surface area contributed by atoms with Gasteiger partial charge >= 0.3 is 0 Å². The van der Waals surface area contributed by atoms with Crippen molar-refractivity contribution in [1.29, 1.82) is 0 Å². The molecule has 2 atom stereocenters. The van der Waals surface area contributed by atoms with Gasteiger partial charge in [0, 0.05) is 32.1 Å². The summed E-state index contributed by atoms with van der Waals surface area (Å²) in [7, 11) is -3.35. The van der Waals surface area contributed by atoms with E-state index in [1.807, 2.05) is 51.8 Å². The monoisotopic (exact) mass is 620 g/mol. The molecule has 6 rings (SSSR count). The first-order chi connectivity index (χ1) is 20.9. The zero-order valence-corrected chi connectivity index (χ0v) is 25.1. The molecule has 3 aromatic rings. The van der Waals surface area contributed by atoms with Crippen LogP contribution in [0.4, 0.5) is 5.82 Å². The summed E-state index contributed by atoms with van der Waals surface area (Å²) in [6.45, 7) is 2.36. The Bertz CT molecular complexity index is 1710. The summed E-state index contributed by atoms with van der Waals surface area (Å²) in [6, 6.07) is 20.1. The smallest absolute Gasteiger partial charge is 0.214 e. The molecule has 43 heavy (non-hydrogen) atoms. The molecule has 3 aliphatic heterocycles. The van der Waals surface area contributed by atoms with Crippen molar-refractivity contribution in [2.24, 2.45) is 0 Å². The molecule has 12 nitrogen and oxygen atoms in total. The molecule has 1 aromatic heterocycles. The van der Waals surface area contributed by atoms with Gasteiger partial charge in [-0.05, 0) is 17.5 Å². The lowest BCUT2D eigenvalue weighted by Crippen LogP contribution is -2.51. The van der Waals surface area contributed by atoms with Crippen LogP contribution < -0.4 is 5.73 Å². The highest BCUT2D eigenvalue weighted by Gasteiger charge is 2.36. The Morgan fingerprint density at radius 1 is 0.884 bits per heavy atom. The number of halogens is 1. The third kappa shape index (κ3) is 6.25. The summed E-state index contributed by atoms with van der Waals surface area (Å²) in [4.78, 5) is 15.2. The highest BCUT2D eigenvalue weighted by molar-refractivity contribution is 7.89. The number of hydrogen-bond acceptors (Lipinski definition) is 9. The summed E-state index contributed by atoms with van der Waals surface area (Å²) in [5, 5.41) is 9.16. The molecule has 0 bridgehead atoms. The van der Waals surface area contributed by atoms with Gasteiger partial charge in [-0.3, -0.25) is 4.90 Å². The molecule has 0 radical (unpaired) electrons. The fraction of sp³-hybridized carbons (Fsp3) is 0.345. The van der Waals surface area contributed by atoms with Crippen LogP contribution in [0.5, 0.6) is 0 Å². The van der Waals surface area contributed by atoms with Crippen molar-refractivity contribution in [2.75, 3.05) is 43.5 Å². The molecule has 224 valence electrons. The number of nitrogens with zero attached hydrogens (tertiary/aromatic N) is 9. The van der Waals surface area contributed by atoms with Gasteiger partial charge in [-0.25, -0.2) is 28.1 Å². The molecule has 4 heterocycles. The molecular formula is C29H33ClN10O2S. The number of nitrogens with two attached hydrogens (primary N) is 1. The zero-order chi connectivity index (χ0) is 29.8. The highest BCUT2D eigenvalue weighted by atomic mass is 35.5. The van der Waals surface area contributed by atoms with Crippen molar-refractivity contribution in [3.8, 4) is 11.5 Å². The van der Waals surface area contributed by atoms with Crippen LogP contribution in [0.25, 0.3) is 11.5 Å². The fourth-order valence-electron chi connectivity index (χ4n) is 5.71. The lowest BCUT2D eigenvalue weighted by atomic mass is 9.91. The quantitative estimate of drug-likeness (QED) is 0.221. The van der Waals surface area contributed by atoms with Crippen molar-refractivity contribution in [3.05, 3.63) is 96.3 Å². The largest absolute Gasteiger partial charge is 0.382 e. The predicted molar refractivity (Wildman–Crippen MR) is 164 cm³/mol. The lowest BCUT2D eigenvalue weighted by Gasteiger charge is -2.42. The van der Waals surface area contributed by atoms with Gasteiger partial charge in [0.15, 0.2) is 11.6 Å². The predicted octanol–water partition coefficient (Wildman–Crippen LogP) is 2.91. The molecule has 0 spiro atoms. The van der Waals surface area contributed by atoms with Crippen molar-refractivity contribution in [3.63, 3.8) is 0 Å². The second kappa shape index (κ2) is 12.8. The Balaban J connectivity index is 1.33. The van der Waals surface area contributed by atoms with E-state index in [-0.39, 0.29) is 17.8 Å². The Kier molecular flexibility index (Phi) is 8.66. The van der Waals surface area contributed by atoms with Crippen molar-refractivity contribution in [2.45, 2.75) is 25.0 Å². The van der Waals surface area contributed by atoms with E-state index in [1.165, 1.54) is 6.33 Å². The molecule has 0 unspecified atom stereocenters. The van der Waals surface area contributed by atoms with E-state index in [2.05, 4.69) is 54.4 Å². The number of nitrogen functional groups attached to an aromatic ring is 1. The second-order valence-electron chi connectivity index (χ2n) is 10.5. The summed E-state index contributed by atoms with van der Waals surface area (Å²) >= 11 is 5.78. The topological polar surface area (TPSA) is 141 Å². The maximum Gasteiger partial charge on any atom is 0.214 e. The summed E-state index contributed by atoms with van der Waals surface area (Å²) in [6.07, 6.45) is 5.49. The Morgan fingerprint density at radius 2 is 1.56 bits per heavy atom. The molecule has 14 heteroatoms.